The Morgan fingerprint density at radius 1 is 1.01 bits per heavy atom. The fraction of sp³-hybridized carbons (Fsp3) is 0.439. The number of aromatic amines is 1. The molecule has 0 radical (unpaired) electrons. The quantitative estimate of drug-likeness (QED) is 0.0957. The number of carbonyl (C=O) groups is 2. The Hall–Kier alpha value is -6.18. The van der Waals surface area contributed by atoms with Crippen LogP contribution in [0.4, 0.5) is 0 Å². The van der Waals surface area contributed by atoms with Crippen molar-refractivity contribution >= 4 is 45.0 Å². The van der Waals surface area contributed by atoms with E-state index in [0.29, 0.717) is 47.7 Å². The zero-order valence-corrected chi connectivity index (χ0v) is 39.6. The number of aliphatic hydroxyl groups excluding tert-OH is 2. The predicted molar refractivity (Wildman–Crippen MR) is 263 cm³/mol. The summed E-state index contributed by atoms with van der Waals surface area (Å²) < 4.78 is 32.9. The Morgan fingerprint density at radius 3 is 2.73 bits per heavy atom. The van der Waals surface area contributed by atoms with Crippen molar-refractivity contribution in [3.05, 3.63) is 110 Å². The van der Waals surface area contributed by atoms with Gasteiger partial charge in [0.05, 0.1) is 43.4 Å². The Morgan fingerprint density at radius 2 is 1.89 bits per heavy atom. The van der Waals surface area contributed by atoms with Crippen LogP contribution in [0.2, 0.25) is 0 Å². The molecule has 71 heavy (non-hydrogen) atoms. The molecule has 8 aliphatic rings. The van der Waals surface area contributed by atoms with Gasteiger partial charge in [-0.1, -0.05) is 55.5 Å². The minimum Gasteiger partial charge on any atom is -0.506 e. The lowest BCUT2D eigenvalue weighted by Crippen LogP contribution is -2.70. The molecule has 1 amide bonds. The van der Waals surface area contributed by atoms with Crippen LogP contribution in [0.1, 0.15) is 129 Å². The summed E-state index contributed by atoms with van der Waals surface area (Å²) in [7, 11) is 1.59. The number of carbonyl (C=O) groups excluding carboxylic acids is 2. The van der Waals surface area contributed by atoms with Gasteiger partial charge in [0.25, 0.3) is 5.91 Å². The van der Waals surface area contributed by atoms with Crippen LogP contribution in [0, 0.1) is 17.9 Å². The summed E-state index contributed by atoms with van der Waals surface area (Å²) in [6.45, 7) is -0.610. The SMILES string of the molecule is COc1c2c3c4c(O)c(c5c6c4c1CCC6=CC1CCCC51)C(=O)CN1Cc4c(cccc4C1=O)CC#COC1C(O)C(COC(c4c[nH]c5ccc(CNC6CCCC6)cc45)C=C2)OC(O3)C1(O)CO. The molecule has 8 atom stereocenters. The molecule has 5 aromatic rings. The molecule has 6 N–H and O–H groups in total. The number of hydrogen-bond donors (Lipinski definition) is 6. The first-order valence-corrected chi connectivity index (χ1v) is 25.3. The minimum absolute atomic E-state index is 0.0214. The van der Waals surface area contributed by atoms with E-state index < -0.39 is 48.7 Å². The molecule has 4 aliphatic heterocycles. The lowest BCUT2D eigenvalue weighted by atomic mass is 9.69. The fourth-order valence-corrected chi connectivity index (χ4v) is 13.4. The van der Waals surface area contributed by atoms with Crippen LogP contribution in [0.3, 0.4) is 0 Å². The van der Waals surface area contributed by atoms with Gasteiger partial charge in [0.15, 0.2) is 17.5 Å². The second-order valence-corrected chi connectivity index (χ2v) is 20.8. The van der Waals surface area contributed by atoms with Crippen LogP contribution >= 0.6 is 0 Å². The van der Waals surface area contributed by atoms with Gasteiger partial charge in [0.2, 0.25) is 6.29 Å². The van der Waals surface area contributed by atoms with E-state index in [4.69, 9.17) is 23.7 Å². The first-order valence-electron chi connectivity index (χ1n) is 25.3. The molecule has 1 aromatic heterocycles. The van der Waals surface area contributed by atoms with Crippen molar-refractivity contribution in [3.63, 3.8) is 0 Å². The first kappa shape index (κ1) is 44.7. The number of aromatic nitrogens is 1. The van der Waals surface area contributed by atoms with Crippen molar-refractivity contribution in [1.82, 2.24) is 15.2 Å². The third-order valence-corrected chi connectivity index (χ3v) is 16.9. The Bertz CT molecular complexity index is 3190. The van der Waals surface area contributed by atoms with Gasteiger partial charge in [-0.2, -0.15) is 0 Å². The van der Waals surface area contributed by atoms with Crippen LogP contribution in [-0.2, 0) is 40.1 Å². The minimum atomic E-state index is -2.45. The number of fused-ring (bicyclic) bond motifs is 8. The van der Waals surface area contributed by atoms with Gasteiger partial charge < -0.3 is 59.3 Å². The number of ether oxygens (including phenoxy) is 5. The maximum Gasteiger partial charge on any atom is 0.254 e. The van der Waals surface area contributed by atoms with E-state index in [1.165, 1.54) is 30.6 Å². The number of allylic oxidation sites excluding steroid dienone is 2. The summed E-state index contributed by atoms with van der Waals surface area (Å²) in [4.78, 5) is 34.5. The summed E-state index contributed by atoms with van der Waals surface area (Å²) in [6, 6.07) is 12.2. The van der Waals surface area contributed by atoms with Crippen molar-refractivity contribution in [2.75, 3.05) is 26.9 Å². The molecule has 14 heteroatoms. The van der Waals surface area contributed by atoms with Crippen LogP contribution < -0.4 is 14.8 Å². The number of aliphatic hydroxyl groups is 3. The van der Waals surface area contributed by atoms with E-state index in [0.717, 1.165) is 74.7 Å². The van der Waals surface area contributed by atoms with E-state index in [1.54, 1.807) is 19.2 Å². The third kappa shape index (κ3) is 6.99. The van der Waals surface area contributed by atoms with Crippen molar-refractivity contribution in [3.8, 4) is 29.3 Å². The zero-order valence-electron chi connectivity index (χ0n) is 39.6. The van der Waals surface area contributed by atoms with Gasteiger partial charge >= 0.3 is 0 Å². The predicted octanol–water partition coefficient (Wildman–Crippen LogP) is 7.01. The highest BCUT2D eigenvalue weighted by molar-refractivity contribution is 6.17. The summed E-state index contributed by atoms with van der Waals surface area (Å²) in [6.07, 6.45) is 12.6. The number of phenols is 1. The van der Waals surface area contributed by atoms with Crippen molar-refractivity contribution in [1.29, 1.82) is 0 Å². The average Bonchev–Trinajstić information content (AvgIpc) is 4.22. The number of H-pyrrole nitrogens is 1. The number of nitrogens with zero attached hydrogens (tertiary/aromatic N) is 1. The van der Waals surface area contributed by atoms with E-state index >= 15 is 4.79 Å². The van der Waals surface area contributed by atoms with Crippen LogP contribution in [0.25, 0.3) is 33.3 Å². The normalized spacial score (nSPS) is 28.6. The van der Waals surface area contributed by atoms with Gasteiger partial charge in [-0.25, -0.2) is 0 Å². The molecule has 8 unspecified atom stereocenters. The third-order valence-electron chi connectivity index (χ3n) is 16.9. The molecule has 1 saturated heterocycles. The van der Waals surface area contributed by atoms with Crippen LogP contribution in [0.5, 0.6) is 17.2 Å². The number of nitrogens with one attached hydrogen (secondary N) is 2. The smallest absolute Gasteiger partial charge is 0.254 e. The standard InChI is InChI=1S/C57H57N3O11/c1-67-52-36-16-15-32-22-31-8-5-12-34(31)46-45(32)47(36)49-51(64)48(46)42(62)26-60-25-40-30(7-4-13-35(40)55(60)65)9-6-20-68-54-50(63)44-27-69-43(19-17-37(52)53(49)71-56(70-44)57(54,66)28-61)39-24-59-41-18-14-29(21-38(39)41)23-58-33-10-2-3-11-33/h4,7,13-14,17-19,21-22,24,31,33-34,43-44,50,54,56,58-59,61,63-64,66H,2-3,5,8-12,15-16,23,25-28H2,1H3. The highest BCUT2D eigenvalue weighted by Crippen LogP contribution is 2.60. The molecule has 2 saturated carbocycles. The summed E-state index contributed by atoms with van der Waals surface area (Å²) >= 11 is 0. The number of rotatable bonds is 6. The molecule has 14 nitrogen and oxygen atoms in total. The van der Waals surface area contributed by atoms with Gasteiger partial charge in [-0.05, 0) is 108 Å². The molecule has 8 bridgehead atoms. The van der Waals surface area contributed by atoms with E-state index in [9.17, 15) is 25.2 Å². The van der Waals surface area contributed by atoms with Crippen LogP contribution in [0.15, 0.2) is 54.7 Å². The van der Waals surface area contributed by atoms with Crippen molar-refractivity contribution in [2.45, 2.75) is 126 Å². The largest absolute Gasteiger partial charge is 0.506 e. The lowest BCUT2D eigenvalue weighted by molar-refractivity contribution is -0.328. The molecule has 366 valence electrons. The lowest BCUT2D eigenvalue weighted by Gasteiger charge is -2.47. The second kappa shape index (κ2) is 17.3. The van der Waals surface area contributed by atoms with Gasteiger partial charge in [0, 0.05) is 64.7 Å². The Labute approximate surface area is 410 Å². The molecule has 5 heterocycles. The molecule has 3 fully saturated rings. The molecular weight excluding hydrogens is 903 g/mol. The summed E-state index contributed by atoms with van der Waals surface area (Å²) in [5.74, 6) is 2.61. The number of Topliss-reactive ketones (excluding diaryl/α,β-unsaturated/α-hetero) is 1. The summed E-state index contributed by atoms with van der Waals surface area (Å²) in [5.41, 5.74) is 6.39. The maximum absolute atomic E-state index is 15.4. The highest BCUT2D eigenvalue weighted by atomic mass is 16.7. The van der Waals surface area contributed by atoms with Gasteiger partial charge in [-0.3, -0.25) is 9.59 Å². The molecular formula is C57H57N3O11. The van der Waals surface area contributed by atoms with E-state index in [2.05, 4.69) is 46.6 Å². The first-order chi connectivity index (χ1) is 34.6. The monoisotopic (exact) mass is 959 g/mol. The number of benzene rings is 4. The molecule has 4 aliphatic carbocycles. The number of amides is 1. The average molecular weight is 960 g/mol. The zero-order chi connectivity index (χ0) is 48.3. The van der Waals surface area contributed by atoms with Crippen LogP contribution in [-0.4, -0.2) is 105 Å². The second-order valence-electron chi connectivity index (χ2n) is 20.8. The summed E-state index contributed by atoms with van der Waals surface area (Å²) in [5, 5.41) is 55.0. The number of aromatic hydroxyl groups is 1. The maximum atomic E-state index is 15.4. The van der Waals surface area contributed by atoms with E-state index in [-0.39, 0.29) is 66.3 Å². The number of ketones is 1. The molecule has 4 aromatic carbocycles. The Balaban J connectivity index is 1.05. The number of aryl methyl sites for hydroxylation is 1. The Kier molecular flexibility index (Phi) is 10.9. The fourth-order valence-electron chi connectivity index (χ4n) is 13.4. The molecule has 0 spiro atoms. The number of methoxy groups -OCH3 is 1. The van der Waals surface area contributed by atoms with Crippen molar-refractivity contribution < 1.29 is 53.7 Å². The number of phenolic OH excluding ortho intramolecular Hbond substituents is 1. The van der Waals surface area contributed by atoms with Gasteiger partial charge in [0.1, 0.15) is 41.7 Å². The van der Waals surface area contributed by atoms with Gasteiger partial charge in [-0.15, -0.1) is 0 Å². The molecule has 13 rings (SSSR count). The topological polar surface area (TPSA) is 192 Å². The number of hydrogen-bond acceptors (Lipinski definition) is 12. The van der Waals surface area contributed by atoms with Crippen molar-refractivity contribution in [2.24, 2.45) is 5.92 Å². The highest BCUT2D eigenvalue weighted by Gasteiger charge is 2.59. The van der Waals surface area contributed by atoms with E-state index in [1.807, 2.05) is 24.4 Å².